The van der Waals surface area contributed by atoms with Crippen molar-refractivity contribution in [3.63, 3.8) is 0 Å². The summed E-state index contributed by atoms with van der Waals surface area (Å²) in [5, 5.41) is 8.16. The smallest absolute Gasteiger partial charge is 0.309 e. The number of hydrogen-bond acceptors (Lipinski definition) is 3. The summed E-state index contributed by atoms with van der Waals surface area (Å²) in [5.74, 6) is -0.602. The minimum atomic E-state index is -0.570. The van der Waals surface area contributed by atoms with Crippen molar-refractivity contribution in [1.82, 2.24) is 16.0 Å². The average Bonchev–Trinajstić information content (AvgIpc) is 2.26. The first kappa shape index (κ1) is 11.0. The maximum Gasteiger partial charge on any atom is 0.309 e. The van der Waals surface area contributed by atoms with Crippen LogP contribution in [0.1, 0.15) is 12.8 Å². The van der Waals surface area contributed by atoms with Gasteiger partial charge in [-0.05, 0) is 31.8 Å². The lowest BCUT2D eigenvalue weighted by Gasteiger charge is -2.22. The number of rotatable bonds is 2. The second-order valence-electron chi connectivity index (χ2n) is 3.48. The van der Waals surface area contributed by atoms with E-state index in [1.165, 1.54) is 7.05 Å². The fraction of sp³-hybridized carbons (Fsp3) is 0.778. The molecule has 0 saturated carbocycles. The van der Waals surface area contributed by atoms with Crippen LogP contribution in [0, 0.1) is 5.92 Å². The quantitative estimate of drug-likeness (QED) is 0.492. The molecule has 1 heterocycles. The largest absolute Gasteiger partial charge is 0.351 e. The predicted molar refractivity (Wildman–Crippen MR) is 52.7 cm³/mol. The molecule has 1 fully saturated rings. The predicted octanol–water partition coefficient (Wildman–Crippen LogP) is -1.15. The van der Waals surface area contributed by atoms with E-state index in [4.69, 9.17) is 0 Å². The Kier molecular flexibility index (Phi) is 4.39. The molecule has 0 aromatic rings. The topological polar surface area (TPSA) is 70.2 Å². The molecule has 0 bridgehead atoms. The van der Waals surface area contributed by atoms with Gasteiger partial charge < -0.3 is 16.0 Å². The van der Waals surface area contributed by atoms with E-state index in [0.717, 1.165) is 25.9 Å². The van der Waals surface area contributed by atoms with E-state index < -0.39 is 11.8 Å². The number of carbonyl (C=O) groups excluding carboxylic acids is 2. The number of piperidine rings is 1. The Labute approximate surface area is 83.6 Å². The van der Waals surface area contributed by atoms with Gasteiger partial charge in [-0.25, -0.2) is 0 Å². The summed E-state index contributed by atoms with van der Waals surface area (Å²) in [5.41, 5.74) is 0. The van der Waals surface area contributed by atoms with Crippen LogP contribution in [0.5, 0.6) is 0 Å². The van der Waals surface area contributed by atoms with Gasteiger partial charge in [0, 0.05) is 13.6 Å². The van der Waals surface area contributed by atoms with Crippen LogP contribution in [0.3, 0.4) is 0 Å². The van der Waals surface area contributed by atoms with E-state index in [2.05, 4.69) is 16.0 Å². The average molecular weight is 199 g/mol. The third-order valence-corrected chi connectivity index (χ3v) is 2.44. The third-order valence-electron chi connectivity index (χ3n) is 2.44. The van der Waals surface area contributed by atoms with Crippen molar-refractivity contribution in [3.05, 3.63) is 0 Å². The number of amides is 2. The zero-order valence-electron chi connectivity index (χ0n) is 8.43. The molecule has 1 saturated heterocycles. The van der Waals surface area contributed by atoms with E-state index in [1.807, 2.05) is 0 Å². The van der Waals surface area contributed by atoms with Crippen molar-refractivity contribution in [2.45, 2.75) is 12.8 Å². The van der Waals surface area contributed by atoms with Crippen LogP contribution < -0.4 is 16.0 Å². The van der Waals surface area contributed by atoms with Gasteiger partial charge in [0.05, 0.1) is 0 Å². The van der Waals surface area contributed by atoms with Gasteiger partial charge in [-0.2, -0.15) is 0 Å². The monoisotopic (exact) mass is 199 g/mol. The lowest BCUT2D eigenvalue weighted by atomic mass is 9.98. The van der Waals surface area contributed by atoms with Gasteiger partial charge in [0.15, 0.2) is 0 Å². The summed E-state index contributed by atoms with van der Waals surface area (Å²) in [6, 6.07) is 0. The van der Waals surface area contributed by atoms with Crippen molar-refractivity contribution in [3.8, 4) is 0 Å². The highest BCUT2D eigenvalue weighted by molar-refractivity contribution is 6.34. The Bertz CT molecular complexity index is 212. The molecule has 0 aliphatic carbocycles. The molecule has 0 spiro atoms. The number of likely N-dealkylation sites (N-methyl/N-ethyl adjacent to an activating group) is 1. The van der Waals surface area contributed by atoms with Gasteiger partial charge >= 0.3 is 11.8 Å². The summed E-state index contributed by atoms with van der Waals surface area (Å²) in [6.07, 6.45) is 2.13. The third kappa shape index (κ3) is 3.33. The fourth-order valence-electron chi connectivity index (χ4n) is 1.52. The number of hydrogen-bond donors (Lipinski definition) is 3. The summed E-state index contributed by atoms with van der Waals surface area (Å²) in [6.45, 7) is 2.61. The van der Waals surface area contributed by atoms with Gasteiger partial charge in [0.2, 0.25) is 0 Å². The molecule has 14 heavy (non-hydrogen) atoms. The van der Waals surface area contributed by atoms with E-state index in [0.29, 0.717) is 12.5 Å². The van der Waals surface area contributed by atoms with Crippen LogP contribution in [0.4, 0.5) is 0 Å². The van der Waals surface area contributed by atoms with Gasteiger partial charge in [-0.1, -0.05) is 0 Å². The lowest BCUT2D eigenvalue weighted by molar-refractivity contribution is -0.139. The fourth-order valence-corrected chi connectivity index (χ4v) is 1.52. The van der Waals surface area contributed by atoms with Crippen molar-refractivity contribution in [2.75, 3.05) is 26.7 Å². The zero-order chi connectivity index (χ0) is 10.4. The normalized spacial score (nSPS) is 17.5. The molecule has 5 heteroatoms. The van der Waals surface area contributed by atoms with Crippen LogP contribution >= 0.6 is 0 Å². The second-order valence-corrected chi connectivity index (χ2v) is 3.48. The SMILES string of the molecule is CNC(=O)C(=O)NCC1CCNCC1. The highest BCUT2D eigenvalue weighted by Gasteiger charge is 2.16. The Morgan fingerprint density at radius 1 is 1.29 bits per heavy atom. The number of carbonyl (C=O) groups is 2. The summed E-state index contributed by atoms with van der Waals surface area (Å²) in [4.78, 5) is 21.9. The molecule has 0 aromatic heterocycles. The summed E-state index contributed by atoms with van der Waals surface area (Å²) < 4.78 is 0. The molecular formula is C9H17N3O2. The second kappa shape index (κ2) is 5.59. The minimum absolute atomic E-state index is 0.504. The molecule has 1 aliphatic rings. The molecule has 1 aliphatic heterocycles. The molecule has 80 valence electrons. The standard InChI is InChI=1S/C9H17N3O2/c1-10-8(13)9(14)12-6-7-2-4-11-5-3-7/h7,11H,2-6H2,1H3,(H,10,13)(H,12,14). The Balaban J connectivity index is 2.18. The van der Waals surface area contributed by atoms with E-state index in [-0.39, 0.29) is 0 Å². The highest BCUT2D eigenvalue weighted by atomic mass is 16.2. The molecule has 2 amide bonds. The van der Waals surface area contributed by atoms with Crippen LogP contribution in [0.15, 0.2) is 0 Å². The molecule has 3 N–H and O–H groups in total. The van der Waals surface area contributed by atoms with Crippen molar-refractivity contribution in [1.29, 1.82) is 0 Å². The van der Waals surface area contributed by atoms with Gasteiger partial charge in [-0.15, -0.1) is 0 Å². The summed E-state index contributed by atoms with van der Waals surface area (Å²) >= 11 is 0. The van der Waals surface area contributed by atoms with Crippen molar-refractivity contribution in [2.24, 2.45) is 5.92 Å². The first-order valence-corrected chi connectivity index (χ1v) is 4.94. The first-order chi connectivity index (χ1) is 6.74. The lowest BCUT2D eigenvalue weighted by Crippen LogP contribution is -2.42. The van der Waals surface area contributed by atoms with E-state index >= 15 is 0 Å². The highest BCUT2D eigenvalue weighted by Crippen LogP contribution is 2.09. The Morgan fingerprint density at radius 3 is 2.50 bits per heavy atom. The first-order valence-electron chi connectivity index (χ1n) is 4.94. The van der Waals surface area contributed by atoms with Gasteiger partial charge in [0.25, 0.3) is 0 Å². The minimum Gasteiger partial charge on any atom is -0.351 e. The van der Waals surface area contributed by atoms with Crippen molar-refractivity contribution < 1.29 is 9.59 Å². The van der Waals surface area contributed by atoms with E-state index in [1.54, 1.807) is 0 Å². The molecular weight excluding hydrogens is 182 g/mol. The molecule has 0 unspecified atom stereocenters. The van der Waals surface area contributed by atoms with Gasteiger partial charge in [-0.3, -0.25) is 9.59 Å². The summed E-state index contributed by atoms with van der Waals surface area (Å²) in [7, 11) is 1.45. The molecule has 1 rings (SSSR count). The van der Waals surface area contributed by atoms with Gasteiger partial charge in [0.1, 0.15) is 0 Å². The van der Waals surface area contributed by atoms with Crippen LogP contribution in [-0.2, 0) is 9.59 Å². The molecule has 0 radical (unpaired) electrons. The zero-order valence-corrected chi connectivity index (χ0v) is 8.43. The van der Waals surface area contributed by atoms with E-state index in [9.17, 15) is 9.59 Å². The molecule has 5 nitrogen and oxygen atoms in total. The molecule has 0 atom stereocenters. The Hall–Kier alpha value is -1.10. The molecule has 0 aromatic carbocycles. The van der Waals surface area contributed by atoms with Crippen LogP contribution in [-0.4, -0.2) is 38.5 Å². The maximum atomic E-state index is 11.1. The van der Waals surface area contributed by atoms with Crippen molar-refractivity contribution >= 4 is 11.8 Å². The van der Waals surface area contributed by atoms with Crippen LogP contribution in [0.2, 0.25) is 0 Å². The maximum absolute atomic E-state index is 11.1. The van der Waals surface area contributed by atoms with Crippen LogP contribution in [0.25, 0.3) is 0 Å². The number of nitrogens with one attached hydrogen (secondary N) is 3. The Morgan fingerprint density at radius 2 is 1.93 bits per heavy atom.